The molecule has 0 fully saturated rings. The van der Waals surface area contributed by atoms with Crippen LogP contribution in [0.4, 0.5) is 11.4 Å². The van der Waals surface area contributed by atoms with Crippen LogP contribution in [-0.4, -0.2) is 18.1 Å². The molecule has 106 valence electrons. The van der Waals surface area contributed by atoms with Crippen molar-refractivity contribution in [2.45, 2.75) is 6.54 Å². The fourth-order valence-corrected chi connectivity index (χ4v) is 3.53. The molecule has 0 aliphatic rings. The molecule has 2 aromatic rings. The predicted molar refractivity (Wildman–Crippen MR) is 86.9 cm³/mol. The first-order valence-corrected chi connectivity index (χ1v) is 7.70. The van der Waals surface area contributed by atoms with E-state index in [1.54, 1.807) is 29.4 Å². The summed E-state index contributed by atoms with van der Waals surface area (Å²) in [6, 6.07) is 4.97. The molecule has 0 aliphatic carbocycles. The zero-order valence-electron chi connectivity index (χ0n) is 10.6. The van der Waals surface area contributed by atoms with Gasteiger partial charge in [-0.15, -0.1) is 11.3 Å². The Bertz CT molecular complexity index is 660. The second-order valence-corrected chi connectivity index (χ2v) is 7.02. The van der Waals surface area contributed by atoms with Crippen molar-refractivity contribution < 1.29 is 9.90 Å². The molecule has 4 nitrogen and oxygen atoms in total. The molecule has 2 rings (SSSR count). The second kappa shape index (κ2) is 6.03. The van der Waals surface area contributed by atoms with Crippen LogP contribution in [0.25, 0.3) is 0 Å². The summed E-state index contributed by atoms with van der Waals surface area (Å²) in [5.41, 5.74) is 7.64. The molecule has 0 saturated carbocycles. The van der Waals surface area contributed by atoms with E-state index in [1.165, 1.54) is 6.07 Å². The van der Waals surface area contributed by atoms with Gasteiger partial charge in [-0.05, 0) is 45.1 Å². The van der Waals surface area contributed by atoms with Crippen LogP contribution in [0.5, 0.6) is 0 Å². The summed E-state index contributed by atoms with van der Waals surface area (Å²) in [4.78, 5) is 13.1. The third-order valence-electron chi connectivity index (χ3n) is 2.74. The molecule has 0 radical (unpaired) electrons. The van der Waals surface area contributed by atoms with Gasteiger partial charge in [0.25, 0.3) is 0 Å². The zero-order chi connectivity index (χ0) is 14.9. The number of nitrogen functional groups attached to an aromatic ring is 1. The number of nitrogens with zero attached hydrogens (tertiary/aromatic N) is 1. The summed E-state index contributed by atoms with van der Waals surface area (Å²) in [5, 5.41) is 11.6. The number of thiophene rings is 1. The Hall–Kier alpha value is -1.24. The summed E-state index contributed by atoms with van der Waals surface area (Å²) in [7, 11) is 1.80. The number of carbonyl (C=O) groups is 1. The Kier molecular flexibility index (Phi) is 4.57. The fraction of sp³-hybridized carbons (Fsp3) is 0.154. The summed E-state index contributed by atoms with van der Waals surface area (Å²) >= 11 is 11.1. The number of hydrogen-bond donors (Lipinski definition) is 2. The number of anilines is 2. The van der Waals surface area contributed by atoms with Crippen molar-refractivity contribution in [2.24, 2.45) is 0 Å². The highest BCUT2D eigenvalue weighted by Crippen LogP contribution is 2.33. The van der Waals surface area contributed by atoms with Crippen LogP contribution in [0.3, 0.4) is 0 Å². The van der Waals surface area contributed by atoms with E-state index in [9.17, 15) is 9.90 Å². The van der Waals surface area contributed by atoms with E-state index in [-0.39, 0.29) is 5.56 Å². The molecule has 3 N–H and O–H groups in total. The van der Waals surface area contributed by atoms with Crippen molar-refractivity contribution in [3.05, 3.63) is 43.5 Å². The van der Waals surface area contributed by atoms with Gasteiger partial charge in [0, 0.05) is 19.3 Å². The maximum absolute atomic E-state index is 11.3. The molecule has 0 aliphatic heterocycles. The summed E-state index contributed by atoms with van der Waals surface area (Å²) in [6.07, 6.45) is 0. The van der Waals surface area contributed by atoms with Crippen LogP contribution in [0.1, 0.15) is 15.9 Å². The third-order valence-corrected chi connectivity index (χ3v) is 4.58. The quantitative estimate of drug-likeness (QED) is 0.790. The van der Waals surface area contributed by atoms with Gasteiger partial charge < -0.3 is 15.7 Å². The van der Waals surface area contributed by atoms with Gasteiger partial charge in [0.2, 0.25) is 0 Å². The topological polar surface area (TPSA) is 66.6 Å². The SMILES string of the molecule is CN(Cc1csc(Br)c1)c1c(Cl)cc(N)cc1C(=O)O. The first-order valence-electron chi connectivity index (χ1n) is 5.65. The Morgan fingerprint density at radius 1 is 1.50 bits per heavy atom. The second-order valence-electron chi connectivity index (χ2n) is 4.32. The molecule has 0 saturated heterocycles. The van der Waals surface area contributed by atoms with Gasteiger partial charge >= 0.3 is 5.97 Å². The molecule has 0 amide bonds. The van der Waals surface area contributed by atoms with E-state index >= 15 is 0 Å². The number of rotatable bonds is 4. The lowest BCUT2D eigenvalue weighted by Crippen LogP contribution is -2.20. The molecule has 0 bridgehead atoms. The van der Waals surface area contributed by atoms with Crippen LogP contribution in [-0.2, 0) is 6.54 Å². The lowest BCUT2D eigenvalue weighted by atomic mass is 10.1. The first-order chi connectivity index (χ1) is 9.38. The number of carboxylic acids is 1. The number of aromatic carboxylic acids is 1. The van der Waals surface area contributed by atoms with Gasteiger partial charge in [-0.25, -0.2) is 4.79 Å². The maximum Gasteiger partial charge on any atom is 0.337 e. The van der Waals surface area contributed by atoms with E-state index in [4.69, 9.17) is 17.3 Å². The molecule has 20 heavy (non-hydrogen) atoms. The number of halogens is 2. The minimum Gasteiger partial charge on any atom is -0.478 e. The van der Waals surface area contributed by atoms with Crippen molar-refractivity contribution in [3.8, 4) is 0 Å². The monoisotopic (exact) mass is 374 g/mol. The molecule has 1 aromatic carbocycles. The largest absolute Gasteiger partial charge is 0.478 e. The van der Waals surface area contributed by atoms with Gasteiger partial charge in [-0.2, -0.15) is 0 Å². The van der Waals surface area contributed by atoms with Crippen molar-refractivity contribution in [2.75, 3.05) is 17.7 Å². The minimum atomic E-state index is -1.05. The molecule has 0 spiro atoms. The van der Waals surface area contributed by atoms with Gasteiger partial charge in [-0.3, -0.25) is 0 Å². The highest BCUT2D eigenvalue weighted by atomic mass is 79.9. The normalized spacial score (nSPS) is 10.6. The number of nitrogens with two attached hydrogens (primary N) is 1. The molecular weight excluding hydrogens is 364 g/mol. The summed E-state index contributed by atoms with van der Waals surface area (Å²) in [6.45, 7) is 0.562. The van der Waals surface area contributed by atoms with E-state index in [0.29, 0.717) is 22.9 Å². The molecule has 7 heteroatoms. The molecule has 1 aromatic heterocycles. The molecule has 0 atom stereocenters. The Balaban J connectivity index is 2.38. The predicted octanol–water partition coefficient (Wildman–Crippen LogP) is 4.08. The molecule has 1 heterocycles. The van der Waals surface area contributed by atoms with E-state index in [0.717, 1.165) is 9.35 Å². The Morgan fingerprint density at radius 3 is 2.75 bits per heavy atom. The van der Waals surface area contributed by atoms with Crippen LogP contribution in [0, 0.1) is 0 Å². The molecule has 0 unspecified atom stereocenters. The van der Waals surface area contributed by atoms with E-state index < -0.39 is 5.97 Å². The standard InChI is InChI=1S/C13H12BrClN2O2S/c1-17(5-7-2-11(14)20-6-7)12-9(13(18)19)3-8(16)4-10(12)15/h2-4,6H,5,16H2,1H3,(H,18,19). The van der Waals surface area contributed by atoms with Crippen molar-refractivity contribution >= 4 is 56.2 Å². The van der Waals surface area contributed by atoms with E-state index in [1.807, 2.05) is 11.4 Å². The number of carboxylic acid groups (broad SMARTS) is 1. The van der Waals surface area contributed by atoms with Gasteiger partial charge in [-0.1, -0.05) is 11.6 Å². The Labute approximate surface area is 133 Å². The minimum absolute atomic E-state index is 0.104. The van der Waals surface area contributed by atoms with Crippen molar-refractivity contribution in [1.29, 1.82) is 0 Å². The average molecular weight is 376 g/mol. The maximum atomic E-state index is 11.3. The van der Waals surface area contributed by atoms with Crippen LogP contribution < -0.4 is 10.6 Å². The fourth-order valence-electron chi connectivity index (χ4n) is 1.95. The van der Waals surface area contributed by atoms with Gasteiger partial charge in [0.15, 0.2) is 0 Å². The highest BCUT2D eigenvalue weighted by molar-refractivity contribution is 9.11. The van der Waals surface area contributed by atoms with Crippen molar-refractivity contribution in [3.63, 3.8) is 0 Å². The lowest BCUT2D eigenvalue weighted by molar-refractivity contribution is 0.0697. The average Bonchev–Trinajstić information content (AvgIpc) is 2.73. The third kappa shape index (κ3) is 3.26. The van der Waals surface area contributed by atoms with Crippen LogP contribution in [0.15, 0.2) is 27.4 Å². The highest BCUT2D eigenvalue weighted by Gasteiger charge is 2.18. The number of benzene rings is 1. The number of hydrogen-bond acceptors (Lipinski definition) is 4. The summed E-state index contributed by atoms with van der Waals surface area (Å²) < 4.78 is 1.03. The van der Waals surface area contributed by atoms with Gasteiger partial charge in [0.1, 0.15) is 0 Å². The zero-order valence-corrected chi connectivity index (χ0v) is 13.7. The Morgan fingerprint density at radius 2 is 2.20 bits per heavy atom. The van der Waals surface area contributed by atoms with E-state index in [2.05, 4.69) is 15.9 Å². The van der Waals surface area contributed by atoms with Crippen LogP contribution in [0.2, 0.25) is 5.02 Å². The van der Waals surface area contributed by atoms with Gasteiger partial charge in [0.05, 0.1) is 20.1 Å². The van der Waals surface area contributed by atoms with Crippen LogP contribution >= 0.6 is 38.9 Å². The summed E-state index contributed by atoms with van der Waals surface area (Å²) in [5.74, 6) is -1.05. The first kappa shape index (κ1) is 15.2. The smallest absolute Gasteiger partial charge is 0.337 e. The lowest BCUT2D eigenvalue weighted by Gasteiger charge is -2.22. The van der Waals surface area contributed by atoms with Crippen molar-refractivity contribution in [1.82, 2.24) is 0 Å². The molecular formula is C13H12BrClN2O2S.